The molecule has 2 heterocycles. The van der Waals surface area contributed by atoms with E-state index in [-0.39, 0.29) is 17.4 Å². The Balaban J connectivity index is 1.62. The molecule has 0 bridgehead atoms. The highest BCUT2D eigenvalue weighted by Gasteiger charge is 2.23. The molecule has 1 amide bonds. The maximum Gasteiger partial charge on any atom is 0.250 e. The van der Waals surface area contributed by atoms with Gasteiger partial charge in [0.1, 0.15) is 5.75 Å². The van der Waals surface area contributed by atoms with Crippen LogP contribution in [0.15, 0.2) is 41.5 Å². The second kappa shape index (κ2) is 8.62. The van der Waals surface area contributed by atoms with Crippen molar-refractivity contribution in [2.45, 2.75) is 12.8 Å². The van der Waals surface area contributed by atoms with Crippen LogP contribution < -0.4 is 10.3 Å². The number of carbonyl (C=O) groups is 1. The third-order valence-electron chi connectivity index (χ3n) is 4.44. The number of hydrogen-bond donors (Lipinski definition) is 1. The van der Waals surface area contributed by atoms with Gasteiger partial charge in [-0.1, -0.05) is 12.1 Å². The van der Waals surface area contributed by atoms with Gasteiger partial charge in [-0.25, -0.2) is 4.98 Å². The molecule has 0 unspecified atom stereocenters. The Labute approximate surface area is 152 Å². The summed E-state index contributed by atoms with van der Waals surface area (Å²) >= 11 is 0. The van der Waals surface area contributed by atoms with E-state index in [2.05, 4.69) is 9.97 Å². The Kier molecular flexibility index (Phi) is 6.01. The molecule has 1 aromatic carbocycles. The molecule has 138 valence electrons. The van der Waals surface area contributed by atoms with Crippen molar-refractivity contribution in [3.8, 4) is 5.75 Å². The average molecular weight is 357 g/mol. The molecule has 0 radical (unpaired) electrons. The molecule has 1 aliphatic heterocycles. The van der Waals surface area contributed by atoms with Crippen LogP contribution in [0, 0.1) is 5.92 Å². The number of methoxy groups -OCH3 is 1. The van der Waals surface area contributed by atoms with Crippen molar-refractivity contribution in [3.63, 3.8) is 0 Å². The second-order valence-corrected chi connectivity index (χ2v) is 6.41. The molecule has 3 rings (SSSR count). The average Bonchev–Trinajstić information content (AvgIpc) is 2.88. The van der Waals surface area contributed by atoms with Crippen LogP contribution in [0.25, 0.3) is 0 Å². The Hall–Kier alpha value is -2.67. The Morgan fingerprint density at radius 1 is 1.38 bits per heavy atom. The quantitative estimate of drug-likeness (QED) is 0.864. The maximum absolute atomic E-state index is 12.7. The molecule has 0 aliphatic carbocycles. The van der Waals surface area contributed by atoms with Crippen molar-refractivity contribution in [3.05, 3.63) is 58.3 Å². The van der Waals surface area contributed by atoms with Crippen LogP contribution in [0.3, 0.4) is 0 Å². The summed E-state index contributed by atoms with van der Waals surface area (Å²) in [6, 6.07) is 9.02. The van der Waals surface area contributed by atoms with E-state index in [0.717, 1.165) is 11.3 Å². The fourth-order valence-electron chi connectivity index (χ4n) is 3.08. The summed E-state index contributed by atoms with van der Waals surface area (Å²) in [5.74, 6) is 0.964. The highest BCUT2D eigenvalue weighted by Crippen LogP contribution is 2.15. The van der Waals surface area contributed by atoms with Gasteiger partial charge in [0.15, 0.2) is 0 Å². The molecule has 7 heteroatoms. The lowest BCUT2D eigenvalue weighted by Crippen LogP contribution is -2.37. The molecular formula is C19H23N3O4. The predicted molar refractivity (Wildman–Crippen MR) is 96.1 cm³/mol. The maximum atomic E-state index is 12.7. The first-order valence-corrected chi connectivity index (χ1v) is 8.66. The van der Waals surface area contributed by atoms with Gasteiger partial charge in [0.05, 0.1) is 33.1 Å². The van der Waals surface area contributed by atoms with E-state index in [1.807, 2.05) is 29.2 Å². The third-order valence-corrected chi connectivity index (χ3v) is 4.44. The lowest BCUT2D eigenvalue weighted by atomic mass is 10.0. The van der Waals surface area contributed by atoms with Crippen molar-refractivity contribution >= 4 is 5.91 Å². The number of ether oxygens (including phenoxy) is 2. The lowest BCUT2D eigenvalue weighted by Gasteiger charge is -2.23. The number of nitrogens with one attached hydrogen (secondary N) is 1. The summed E-state index contributed by atoms with van der Waals surface area (Å²) in [5, 5.41) is 0. The number of H-pyrrole nitrogens is 1. The van der Waals surface area contributed by atoms with Crippen LogP contribution in [-0.2, 0) is 22.4 Å². The largest absolute Gasteiger partial charge is 0.497 e. The van der Waals surface area contributed by atoms with Gasteiger partial charge in [-0.05, 0) is 24.1 Å². The summed E-state index contributed by atoms with van der Waals surface area (Å²) in [6.07, 6.45) is 2.36. The Morgan fingerprint density at radius 2 is 2.19 bits per heavy atom. The molecule has 1 N–H and O–H groups in total. The summed E-state index contributed by atoms with van der Waals surface area (Å²) in [6.45, 7) is 2.26. The zero-order chi connectivity index (χ0) is 18.4. The number of nitrogens with zero attached hydrogens (tertiary/aromatic N) is 2. The van der Waals surface area contributed by atoms with Crippen LogP contribution >= 0.6 is 0 Å². The monoisotopic (exact) mass is 357 g/mol. The number of hydrogen-bond acceptors (Lipinski definition) is 5. The van der Waals surface area contributed by atoms with Gasteiger partial charge in [-0.2, -0.15) is 0 Å². The first-order valence-electron chi connectivity index (χ1n) is 8.66. The van der Waals surface area contributed by atoms with Gasteiger partial charge >= 0.3 is 0 Å². The highest BCUT2D eigenvalue weighted by atomic mass is 16.5. The van der Waals surface area contributed by atoms with Crippen molar-refractivity contribution in [1.29, 1.82) is 0 Å². The molecule has 1 fully saturated rings. The molecule has 2 aromatic rings. The van der Waals surface area contributed by atoms with Crippen molar-refractivity contribution in [1.82, 2.24) is 14.9 Å². The minimum absolute atomic E-state index is 0.0736. The summed E-state index contributed by atoms with van der Waals surface area (Å²) in [7, 11) is 1.62. The third kappa shape index (κ3) is 4.92. The summed E-state index contributed by atoms with van der Waals surface area (Å²) in [4.78, 5) is 32.7. The van der Waals surface area contributed by atoms with E-state index >= 15 is 0 Å². The van der Waals surface area contributed by atoms with Gasteiger partial charge in [-0.3, -0.25) is 9.59 Å². The first kappa shape index (κ1) is 18.1. The standard InChI is InChI=1S/C19H23N3O4/c1-25-17-4-2-14(3-5-17)9-19(24)22-6-7-26-12-15(11-22)8-16-10-18(23)21-13-20-16/h2-5,10,13,15H,6-9,11-12H2,1H3,(H,20,21,23)/t15-/m0/s1. The van der Waals surface area contributed by atoms with Crippen molar-refractivity contribution in [2.24, 2.45) is 5.92 Å². The van der Waals surface area contributed by atoms with Crippen molar-refractivity contribution in [2.75, 3.05) is 33.4 Å². The van der Waals surface area contributed by atoms with E-state index in [0.29, 0.717) is 44.8 Å². The molecule has 0 spiro atoms. The topological polar surface area (TPSA) is 84.5 Å². The van der Waals surface area contributed by atoms with Crippen molar-refractivity contribution < 1.29 is 14.3 Å². The van der Waals surface area contributed by atoms with E-state index in [1.54, 1.807) is 7.11 Å². The summed E-state index contributed by atoms with van der Waals surface area (Å²) < 4.78 is 10.8. The smallest absolute Gasteiger partial charge is 0.250 e. The van der Waals surface area contributed by atoms with Crippen LogP contribution in [-0.4, -0.2) is 54.2 Å². The lowest BCUT2D eigenvalue weighted by molar-refractivity contribution is -0.130. The molecule has 7 nitrogen and oxygen atoms in total. The van der Waals surface area contributed by atoms with Gasteiger partial charge in [0.2, 0.25) is 5.91 Å². The fraction of sp³-hybridized carbons (Fsp3) is 0.421. The van der Waals surface area contributed by atoms with E-state index < -0.39 is 0 Å². The van der Waals surface area contributed by atoms with E-state index in [4.69, 9.17) is 9.47 Å². The van der Waals surface area contributed by atoms with Gasteiger partial charge < -0.3 is 19.4 Å². The molecule has 26 heavy (non-hydrogen) atoms. The van der Waals surface area contributed by atoms with E-state index in [9.17, 15) is 9.59 Å². The first-order chi connectivity index (χ1) is 12.6. The number of amides is 1. The minimum Gasteiger partial charge on any atom is -0.497 e. The molecule has 1 atom stereocenters. The number of carbonyl (C=O) groups excluding carboxylic acids is 1. The molecule has 0 saturated carbocycles. The van der Waals surface area contributed by atoms with E-state index in [1.165, 1.54) is 12.4 Å². The second-order valence-electron chi connectivity index (χ2n) is 6.41. The normalized spacial score (nSPS) is 17.6. The van der Waals surface area contributed by atoms with Gasteiger partial charge in [-0.15, -0.1) is 0 Å². The Bertz CT molecular complexity index is 788. The Morgan fingerprint density at radius 3 is 2.92 bits per heavy atom. The molecule has 1 aromatic heterocycles. The highest BCUT2D eigenvalue weighted by molar-refractivity contribution is 5.78. The molecular weight excluding hydrogens is 334 g/mol. The van der Waals surface area contributed by atoms with Gasteiger partial charge in [0, 0.05) is 30.8 Å². The molecule has 1 aliphatic rings. The van der Waals surface area contributed by atoms with Crippen LogP contribution in [0.2, 0.25) is 0 Å². The SMILES string of the molecule is COc1ccc(CC(=O)N2CCOC[C@@H](Cc3cc(=O)[nH]cn3)C2)cc1. The fourth-order valence-corrected chi connectivity index (χ4v) is 3.08. The summed E-state index contributed by atoms with van der Waals surface area (Å²) in [5.41, 5.74) is 1.50. The number of rotatable bonds is 5. The number of aromatic amines is 1. The van der Waals surface area contributed by atoms with Crippen LogP contribution in [0.5, 0.6) is 5.75 Å². The minimum atomic E-state index is -0.169. The zero-order valence-corrected chi connectivity index (χ0v) is 14.8. The van der Waals surface area contributed by atoms with Crippen LogP contribution in [0.1, 0.15) is 11.3 Å². The zero-order valence-electron chi connectivity index (χ0n) is 14.8. The molecule has 1 saturated heterocycles. The number of benzene rings is 1. The number of aromatic nitrogens is 2. The van der Waals surface area contributed by atoms with Crippen LogP contribution in [0.4, 0.5) is 0 Å². The van der Waals surface area contributed by atoms with Gasteiger partial charge in [0.25, 0.3) is 5.56 Å². The predicted octanol–water partition coefficient (Wildman–Crippen LogP) is 1.04.